The standard InChI is InChI=1S/C10H10BrNO/c1-6-2-4-8(11)7-3-5-9(13)12-10(6)7/h2,4H,3,5H2,1H3,(H,12,13). The number of anilines is 1. The number of aryl methyl sites for hydroxylation is 1. The van der Waals surface area contributed by atoms with Crippen molar-refractivity contribution in [3.8, 4) is 0 Å². The molecule has 1 heterocycles. The van der Waals surface area contributed by atoms with Crippen LogP contribution < -0.4 is 5.32 Å². The Balaban J connectivity index is 2.57. The van der Waals surface area contributed by atoms with Crippen LogP contribution in [-0.4, -0.2) is 5.91 Å². The maximum absolute atomic E-state index is 11.2. The Morgan fingerprint density at radius 1 is 1.38 bits per heavy atom. The van der Waals surface area contributed by atoms with Crippen LogP contribution in [0.1, 0.15) is 17.5 Å². The number of carbonyl (C=O) groups is 1. The van der Waals surface area contributed by atoms with E-state index in [-0.39, 0.29) is 5.91 Å². The van der Waals surface area contributed by atoms with Crippen LogP contribution in [0.3, 0.4) is 0 Å². The molecule has 0 aromatic heterocycles. The van der Waals surface area contributed by atoms with Gasteiger partial charge in [-0.05, 0) is 30.5 Å². The molecular weight excluding hydrogens is 230 g/mol. The second-order valence-electron chi connectivity index (χ2n) is 3.27. The molecule has 1 aliphatic rings. The second-order valence-corrected chi connectivity index (χ2v) is 4.12. The van der Waals surface area contributed by atoms with Crippen LogP contribution in [-0.2, 0) is 11.2 Å². The van der Waals surface area contributed by atoms with E-state index >= 15 is 0 Å². The number of benzene rings is 1. The van der Waals surface area contributed by atoms with Crippen molar-refractivity contribution >= 4 is 27.5 Å². The summed E-state index contributed by atoms with van der Waals surface area (Å²) in [5, 5.41) is 2.90. The lowest BCUT2D eigenvalue weighted by atomic mass is 10.00. The zero-order valence-corrected chi connectivity index (χ0v) is 8.94. The zero-order valence-electron chi connectivity index (χ0n) is 7.36. The number of halogens is 1. The summed E-state index contributed by atoms with van der Waals surface area (Å²) in [5.41, 5.74) is 3.34. The molecule has 1 aromatic carbocycles. The van der Waals surface area contributed by atoms with Gasteiger partial charge in [0.1, 0.15) is 0 Å². The SMILES string of the molecule is Cc1ccc(Br)c2c1NC(=O)CC2. The number of nitrogens with one attached hydrogen (secondary N) is 1. The minimum atomic E-state index is 0.119. The van der Waals surface area contributed by atoms with Crippen LogP contribution in [0.2, 0.25) is 0 Å². The van der Waals surface area contributed by atoms with E-state index in [1.54, 1.807) is 0 Å². The van der Waals surface area contributed by atoms with Gasteiger partial charge in [0, 0.05) is 16.6 Å². The van der Waals surface area contributed by atoms with Crippen LogP contribution in [0.5, 0.6) is 0 Å². The van der Waals surface area contributed by atoms with Gasteiger partial charge in [-0.25, -0.2) is 0 Å². The van der Waals surface area contributed by atoms with Gasteiger partial charge in [0.05, 0.1) is 0 Å². The first-order chi connectivity index (χ1) is 6.18. The molecule has 0 unspecified atom stereocenters. The molecule has 0 aliphatic carbocycles. The van der Waals surface area contributed by atoms with E-state index in [1.165, 1.54) is 5.56 Å². The third-order valence-corrected chi connectivity index (χ3v) is 3.07. The molecule has 0 saturated heterocycles. The van der Waals surface area contributed by atoms with Gasteiger partial charge < -0.3 is 5.32 Å². The Morgan fingerprint density at radius 2 is 2.15 bits per heavy atom. The third kappa shape index (κ3) is 1.48. The van der Waals surface area contributed by atoms with Crippen LogP contribution in [0.25, 0.3) is 0 Å². The summed E-state index contributed by atoms with van der Waals surface area (Å²) in [4.78, 5) is 11.2. The number of carbonyl (C=O) groups excluding carboxylic acids is 1. The summed E-state index contributed by atoms with van der Waals surface area (Å²) in [5.74, 6) is 0.119. The van der Waals surface area contributed by atoms with Gasteiger partial charge in [-0.2, -0.15) is 0 Å². The molecule has 0 saturated carbocycles. The number of hydrogen-bond donors (Lipinski definition) is 1. The molecule has 68 valence electrons. The van der Waals surface area contributed by atoms with Gasteiger partial charge in [-0.3, -0.25) is 4.79 Å². The normalized spacial score (nSPS) is 15.1. The fourth-order valence-corrected chi connectivity index (χ4v) is 2.13. The van der Waals surface area contributed by atoms with E-state index < -0.39 is 0 Å². The molecule has 1 N–H and O–H groups in total. The van der Waals surface area contributed by atoms with Gasteiger partial charge in [0.25, 0.3) is 0 Å². The fraction of sp³-hybridized carbons (Fsp3) is 0.300. The van der Waals surface area contributed by atoms with Gasteiger partial charge in [0.2, 0.25) is 5.91 Å². The van der Waals surface area contributed by atoms with Gasteiger partial charge in [0.15, 0.2) is 0 Å². The van der Waals surface area contributed by atoms with E-state index in [1.807, 2.05) is 19.1 Å². The smallest absolute Gasteiger partial charge is 0.224 e. The molecule has 0 bridgehead atoms. The first-order valence-corrected chi connectivity index (χ1v) is 5.05. The summed E-state index contributed by atoms with van der Waals surface area (Å²) in [6.45, 7) is 2.01. The van der Waals surface area contributed by atoms with Gasteiger partial charge >= 0.3 is 0 Å². The maximum Gasteiger partial charge on any atom is 0.224 e. The highest BCUT2D eigenvalue weighted by molar-refractivity contribution is 9.10. The van der Waals surface area contributed by atoms with E-state index in [0.717, 1.165) is 22.1 Å². The molecule has 2 nitrogen and oxygen atoms in total. The highest BCUT2D eigenvalue weighted by Gasteiger charge is 2.18. The second kappa shape index (κ2) is 3.14. The molecule has 0 atom stereocenters. The summed E-state index contributed by atoms with van der Waals surface area (Å²) in [6.07, 6.45) is 1.43. The number of fused-ring (bicyclic) bond motifs is 1. The predicted octanol–water partition coefficient (Wildman–Crippen LogP) is 2.64. The summed E-state index contributed by atoms with van der Waals surface area (Å²) in [7, 11) is 0. The van der Waals surface area contributed by atoms with Gasteiger partial charge in [-0.15, -0.1) is 0 Å². The van der Waals surface area contributed by atoms with Gasteiger partial charge in [-0.1, -0.05) is 22.0 Å². The fourth-order valence-electron chi connectivity index (χ4n) is 1.60. The summed E-state index contributed by atoms with van der Waals surface area (Å²) >= 11 is 3.48. The van der Waals surface area contributed by atoms with Crippen molar-refractivity contribution in [3.63, 3.8) is 0 Å². The average molecular weight is 240 g/mol. The molecule has 2 rings (SSSR count). The van der Waals surface area contributed by atoms with Crippen LogP contribution in [0, 0.1) is 6.92 Å². The quantitative estimate of drug-likeness (QED) is 0.742. The molecule has 1 amide bonds. The molecule has 3 heteroatoms. The van der Waals surface area contributed by atoms with Crippen LogP contribution >= 0.6 is 15.9 Å². The maximum atomic E-state index is 11.2. The Hall–Kier alpha value is -0.830. The molecule has 0 radical (unpaired) electrons. The Labute approximate surface area is 85.5 Å². The van der Waals surface area contributed by atoms with Crippen molar-refractivity contribution in [2.24, 2.45) is 0 Å². The lowest BCUT2D eigenvalue weighted by Gasteiger charge is -2.19. The van der Waals surface area contributed by atoms with Crippen LogP contribution in [0.4, 0.5) is 5.69 Å². The molecule has 13 heavy (non-hydrogen) atoms. The first kappa shape index (κ1) is 8.75. The van der Waals surface area contributed by atoms with E-state index in [2.05, 4.69) is 21.2 Å². The van der Waals surface area contributed by atoms with Crippen molar-refractivity contribution < 1.29 is 4.79 Å². The molecule has 0 fully saturated rings. The third-order valence-electron chi connectivity index (χ3n) is 2.33. The Kier molecular flexibility index (Phi) is 2.12. The molecular formula is C10H10BrNO. The number of amides is 1. The van der Waals surface area contributed by atoms with E-state index in [4.69, 9.17) is 0 Å². The highest BCUT2D eigenvalue weighted by Crippen LogP contribution is 2.32. The average Bonchev–Trinajstić information content (AvgIpc) is 2.12. The highest BCUT2D eigenvalue weighted by atomic mass is 79.9. The van der Waals surface area contributed by atoms with E-state index in [9.17, 15) is 4.79 Å². The van der Waals surface area contributed by atoms with Crippen LogP contribution in [0.15, 0.2) is 16.6 Å². The predicted molar refractivity (Wildman–Crippen MR) is 55.8 cm³/mol. The largest absolute Gasteiger partial charge is 0.326 e. The molecule has 1 aliphatic heterocycles. The lowest BCUT2D eigenvalue weighted by molar-refractivity contribution is -0.116. The number of hydrogen-bond acceptors (Lipinski definition) is 1. The van der Waals surface area contributed by atoms with Crippen molar-refractivity contribution in [2.75, 3.05) is 5.32 Å². The van der Waals surface area contributed by atoms with Crippen molar-refractivity contribution in [3.05, 3.63) is 27.7 Å². The van der Waals surface area contributed by atoms with Crippen molar-refractivity contribution in [1.82, 2.24) is 0 Å². The molecule has 1 aromatic rings. The monoisotopic (exact) mass is 239 g/mol. The zero-order chi connectivity index (χ0) is 9.42. The minimum absolute atomic E-state index is 0.119. The number of rotatable bonds is 0. The Bertz CT molecular complexity index is 373. The summed E-state index contributed by atoms with van der Waals surface area (Å²) in [6, 6.07) is 4.04. The topological polar surface area (TPSA) is 29.1 Å². The van der Waals surface area contributed by atoms with E-state index in [0.29, 0.717) is 6.42 Å². The Morgan fingerprint density at radius 3 is 2.92 bits per heavy atom. The van der Waals surface area contributed by atoms with Crippen molar-refractivity contribution in [2.45, 2.75) is 19.8 Å². The summed E-state index contributed by atoms with van der Waals surface area (Å²) < 4.78 is 1.09. The first-order valence-electron chi connectivity index (χ1n) is 4.26. The lowest BCUT2D eigenvalue weighted by Crippen LogP contribution is -2.20. The minimum Gasteiger partial charge on any atom is -0.326 e. The molecule has 0 spiro atoms. The van der Waals surface area contributed by atoms with Crippen molar-refractivity contribution in [1.29, 1.82) is 0 Å².